The second-order valence-corrected chi connectivity index (χ2v) is 8.54. The molecule has 0 aliphatic carbocycles. The SMILES string of the molecule is CCOCCN1C(=O)/C(=C/c2cc(OCC)c(OCC)cc2Br)SC1=Nc1ccccc1. The molecule has 2 aromatic rings. The third-order valence-corrected chi connectivity index (χ3v) is 6.18. The zero-order valence-corrected chi connectivity index (χ0v) is 20.9. The number of carbonyl (C=O) groups is 1. The number of carbonyl (C=O) groups excluding carboxylic acids is 1. The van der Waals surface area contributed by atoms with Crippen LogP contribution in [0.4, 0.5) is 5.69 Å². The van der Waals surface area contributed by atoms with Gasteiger partial charge >= 0.3 is 0 Å². The molecular formula is C24H27BrN2O4S. The van der Waals surface area contributed by atoms with E-state index in [1.165, 1.54) is 11.8 Å². The Hall–Kier alpha value is -2.29. The monoisotopic (exact) mass is 518 g/mol. The van der Waals surface area contributed by atoms with Crippen molar-refractivity contribution in [2.24, 2.45) is 4.99 Å². The first-order chi connectivity index (χ1) is 15.6. The van der Waals surface area contributed by atoms with E-state index in [4.69, 9.17) is 19.2 Å². The highest BCUT2D eigenvalue weighted by Gasteiger charge is 2.33. The first kappa shape index (κ1) is 24.4. The molecule has 1 aliphatic heterocycles. The Morgan fingerprint density at radius 1 is 1.03 bits per heavy atom. The Labute approximate surface area is 201 Å². The molecular weight excluding hydrogens is 492 g/mol. The molecule has 0 radical (unpaired) electrons. The summed E-state index contributed by atoms with van der Waals surface area (Å²) in [5, 5.41) is 0.638. The zero-order chi connectivity index (χ0) is 22.9. The Balaban J connectivity index is 1.95. The predicted molar refractivity (Wildman–Crippen MR) is 134 cm³/mol. The quantitative estimate of drug-likeness (QED) is 0.290. The largest absolute Gasteiger partial charge is 0.490 e. The number of nitrogens with zero attached hydrogens (tertiary/aromatic N) is 2. The van der Waals surface area contributed by atoms with E-state index in [0.717, 1.165) is 15.7 Å². The van der Waals surface area contributed by atoms with Crippen LogP contribution in [0.2, 0.25) is 0 Å². The van der Waals surface area contributed by atoms with Gasteiger partial charge in [-0.2, -0.15) is 0 Å². The van der Waals surface area contributed by atoms with Crippen LogP contribution < -0.4 is 9.47 Å². The van der Waals surface area contributed by atoms with E-state index in [2.05, 4.69) is 15.9 Å². The minimum absolute atomic E-state index is 0.0943. The van der Waals surface area contributed by atoms with Crippen LogP contribution in [-0.4, -0.2) is 48.9 Å². The van der Waals surface area contributed by atoms with E-state index in [-0.39, 0.29) is 5.91 Å². The number of benzene rings is 2. The van der Waals surface area contributed by atoms with Gasteiger partial charge in [0.1, 0.15) is 0 Å². The van der Waals surface area contributed by atoms with Crippen LogP contribution in [0, 0.1) is 0 Å². The maximum absolute atomic E-state index is 13.2. The van der Waals surface area contributed by atoms with E-state index in [9.17, 15) is 4.79 Å². The van der Waals surface area contributed by atoms with Crippen molar-refractivity contribution in [2.45, 2.75) is 20.8 Å². The summed E-state index contributed by atoms with van der Waals surface area (Å²) in [7, 11) is 0. The van der Waals surface area contributed by atoms with Gasteiger partial charge in [-0.3, -0.25) is 9.69 Å². The average Bonchev–Trinajstić information content (AvgIpc) is 3.07. The number of hydrogen-bond donors (Lipinski definition) is 0. The van der Waals surface area contributed by atoms with Crippen molar-refractivity contribution in [2.75, 3.05) is 33.0 Å². The van der Waals surface area contributed by atoms with Gasteiger partial charge in [0.25, 0.3) is 5.91 Å². The summed E-state index contributed by atoms with van der Waals surface area (Å²) in [6.07, 6.45) is 1.86. The van der Waals surface area contributed by atoms with Crippen LogP contribution in [0.25, 0.3) is 6.08 Å². The van der Waals surface area contributed by atoms with Crippen molar-refractivity contribution >= 4 is 50.5 Å². The first-order valence-corrected chi connectivity index (χ1v) is 12.2. The fourth-order valence-corrected chi connectivity index (χ4v) is 4.49. The van der Waals surface area contributed by atoms with Crippen molar-refractivity contribution in [3.8, 4) is 11.5 Å². The fourth-order valence-electron chi connectivity index (χ4n) is 3.04. The van der Waals surface area contributed by atoms with Crippen molar-refractivity contribution < 1.29 is 19.0 Å². The first-order valence-electron chi connectivity index (χ1n) is 10.6. The highest BCUT2D eigenvalue weighted by atomic mass is 79.9. The number of ether oxygens (including phenoxy) is 3. The predicted octanol–water partition coefficient (Wildman–Crippen LogP) is 5.89. The minimum Gasteiger partial charge on any atom is -0.490 e. The molecule has 3 rings (SSSR count). The van der Waals surface area contributed by atoms with Crippen LogP contribution >= 0.6 is 27.7 Å². The lowest BCUT2D eigenvalue weighted by Crippen LogP contribution is -2.32. The molecule has 0 unspecified atom stereocenters. The topological polar surface area (TPSA) is 60.4 Å². The Morgan fingerprint density at radius 2 is 1.72 bits per heavy atom. The Bertz CT molecular complexity index is 995. The van der Waals surface area contributed by atoms with Gasteiger partial charge in [-0.1, -0.05) is 34.1 Å². The fraction of sp³-hybridized carbons (Fsp3) is 0.333. The van der Waals surface area contributed by atoms with Gasteiger partial charge in [0.05, 0.1) is 37.0 Å². The van der Waals surface area contributed by atoms with Crippen LogP contribution in [-0.2, 0) is 9.53 Å². The molecule has 1 fully saturated rings. The molecule has 2 aromatic carbocycles. The summed E-state index contributed by atoms with van der Waals surface area (Å²) in [5.74, 6) is 1.22. The average molecular weight is 519 g/mol. The molecule has 32 heavy (non-hydrogen) atoms. The number of amidine groups is 1. The molecule has 1 aliphatic rings. The van der Waals surface area contributed by atoms with E-state index < -0.39 is 0 Å². The molecule has 170 valence electrons. The number of halogens is 1. The summed E-state index contributed by atoms with van der Waals surface area (Å²) in [5.41, 5.74) is 1.63. The maximum atomic E-state index is 13.2. The summed E-state index contributed by atoms with van der Waals surface area (Å²) in [4.78, 5) is 20.2. The molecule has 1 saturated heterocycles. The zero-order valence-electron chi connectivity index (χ0n) is 18.5. The standard InChI is InChI=1S/C24H27BrN2O4S/c1-4-29-13-12-27-23(28)22(32-24(27)26-18-10-8-7-9-11-18)15-17-14-20(30-5-2)21(31-6-3)16-19(17)25/h7-11,14-16H,4-6,12-13H2,1-3H3/b22-15-,26-24?. The molecule has 0 N–H and O–H groups in total. The Morgan fingerprint density at radius 3 is 2.38 bits per heavy atom. The molecule has 8 heteroatoms. The highest BCUT2D eigenvalue weighted by molar-refractivity contribution is 9.10. The van der Waals surface area contributed by atoms with E-state index >= 15 is 0 Å². The summed E-state index contributed by atoms with van der Waals surface area (Å²) < 4.78 is 17.7. The van der Waals surface area contributed by atoms with Gasteiger partial charge in [0.15, 0.2) is 16.7 Å². The molecule has 0 atom stereocenters. The second kappa shape index (κ2) is 12.1. The number of amides is 1. The van der Waals surface area contributed by atoms with E-state index in [1.807, 2.05) is 69.3 Å². The minimum atomic E-state index is -0.0943. The molecule has 0 saturated carbocycles. The summed E-state index contributed by atoms with van der Waals surface area (Å²) in [6.45, 7) is 8.33. The molecule has 0 bridgehead atoms. The number of thioether (sulfide) groups is 1. The third-order valence-electron chi connectivity index (χ3n) is 4.48. The maximum Gasteiger partial charge on any atom is 0.266 e. The molecule has 1 amide bonds. The van der Waals surface area contributed by atoms with Crippen molar-refractivity contribution in [3.63, 3.8) is 0 Å². The molecule has 0 aromatic heterocycles. The lowest BCUT2D eigenvalue weighted by atomic mass is 10.2. The number of rotatable bonds is 10. The van der Waals surface area contributed by atoms with Gasteiger partial charge in [-0.25, -0.2) is 4.99 Å². The van der Waals surface area contributed by atoms with E-state index in [0.29, 0.717) is 54.5 Å². The lowest BCUT2D eigenvalue weighted by Gasteiger charge is -2.15. The smallest absolute Gasteiger partial charge is 0.266 e. The number of para-hydroxylation sites is 1. The normalized spacial score (nSPS) is 16.2. The number of aliphatic imine (C=N–C) groups is 1. The summed E-state index contributed by atoms with van der Waals surface area (Å²) in [6, 6.07) is 13.4. The Kier molecular flexibility index (Phi) is 9.20. The van der Waals surface area contributed by atoms with Gasteiger partial charge in [0, 0.05) is 11.1 Å². The van der Waals surface area contributed by atoms with Crippen molar-refractivity contribution in [1.29, 1.82) is 0 Å². The van der Waals surface area contributed by atoms with Crippen LogP contribution in [0.1, 0.15) is 26.3 Å². The second-order valence-electron chi connectivity index (χ2n) is 6.68. The highest BCUT2D eigenvalue weighted by Crippen LogP contribution is 2.38. The van der Waals surface area contributed by atoms with Gasteiger partial charge in [-0.05, 0) is 68.4 Å². The lowest BCUT2D eigenvalue weighted by molar-refractivity contribution is -0.122. The third kappa shape index (κ3) is 6.15. The van der Waals surface area contributed by atoms with E-state index in [1.54, 1.807) is 4.90 Å². The van der Waals surface area contributed by atoms with Crippen LogP contribution in [0.15, 0.2) is 56.8 Å². The van der Waals surface area contributed by atoms with Gasteiger partial charge < -0.3 is 14.2 Å². The number of hydrogen-bond acceptors (Lipinski definition) is 6. The van der Waals surface area contributed by atoms with Gasteiger partial charge in [0.2, 0.25) is 0 Å². The molecule has 1 heterocycles. The van der Waals surface area contributed by atoms with Gasteiger partial charge in [-0.15, -0.1) is 0 Å². The van der Waals surface area contributed by atoms with Crippen molar-refractivity contribution in [3.05, 3.63) is 57.4 Å². The summed E-state index contributed by atoms with van der Waals surface area (Å²) >= 11 is 4.96. The molecule has 0 spiro atoms. The van der Waals surface area contributed by atoms with Crippen LogP contribution in [0.3, 0.4) is 0 Å². The van der Waals surface area contributed by atoms with Crippen LogP contribution in [0.5, 0.6) is 11.5 Å². The van der Waals surface area contributed by atoms with Crippen molar-refractivity contribution in [1.82, 2.24) is 4.90 Å². The molecule has 6 nitrogen and oxygen atoms in total.